The zero-order chi connectivity index (χ0) is 15.6. The number of carboxylic acid groups (broad SMARTS) is 2. The smallest absolute Gasteiger partial charge is 0.317 e. The second-order valence-electron chi connectivity index (χ2n) is 3.66. The molecule has 0 spiro atoms. The summed E-state index contributed by atoms with van der Waals surface area (Å²) in [5.41, 5.74) is 0. The molecular weight excluding hydrogens is 264 g/mol. The maximum atomic E-state index is 9.38. The van der Waals surface area contributed by atoms with Gasteiger partial charge in [0.15, 0.2) is 0 Å². The van der Waals surface area contributed by atoms with Crippen LogP contribution in [0.15, 0.2) is 0 Å². The molecule has 2 fully saturated rings. The SMILES string of the molecule is C1CCNC1.C1CN1.N#CCC(=O)O.N#CCC(=O)O. The van der Waals surface area contributed by atoms with Crippen LogP contribution in [0, 0.1) is 22.7 Å². The average Bonchev–Trinajstić information content (AvgIpc) is 3.12. The van der Waals surface area contributed by atoms with Crippen LogP contribution in [0.1, 0.15) is 25.7 Å². The van der Waals surface area contributed by atoms with Gasteiger partial charge in [-0.05, 0) is 25.9 Å². The maximum absolute atomic E-state index is 9.38. The Bertz CT molecular complexity index is 304. The summed E-state index contributed by atoms with van der Waals surface area (Å²) in [7, 11) is 0. The van der Waals surface area contributed by atoms with Crippen LogP contribution in [0.4, 0.5) is 0 Å². The molecular formula is C12H20N4O4. The van der Waals surface area contributed by atoms with Crippen LogP contribution in [0.25, 0.3) is 0 Å². The Balaban J connectivity index is 0. The van der Waals surface area contributed by atoms with E-state index in [0.29, 0.717) is 0 Å². The largest absolute Gasteiger partial charge is 0.480 e. The molecule has 0 aromatic heterocycles. The van der Waals surface area contributed by atoms with Crippen molar-refractivity contribution in [2.45, 2.75) is 25.7 Å². The van der Waals surface area contributed by atoms with E-state index >= 15 is 0 Å². The first-order valence-corrected chi connectivity index (χ1v) is 6.13. The summed E-state index contributed by atoms with van der Waals surface area (Å²) in [6.07, 6.45) is 1.97. The average molecular weight is 284 g/mol. The van der Waals surface area contributed by atoms with Gasteiger partial charge in [0.25, 0.3) is 0 Å². The van der Waals surface area contributed by atoms with E-state index in [-0.39, 0.29) is 0 Å². The zero-order valence-electron chi connectivity index (χ0n) is 11.3. The summed E-state index contributed by atoms with van der Waals surface area (Å²) >= 11 is 0. The van der Waals surface area contributed by atoms with Crippen LogP contribution in [-0.4, -0.2) is 48.3 Å². The molecule has 2 saturated heterocycles. The van der Waals surface area contributed by atoms with Gasteiger partial charge in [-0.1, -0.05) is 0 Å². The Morgan fingerprint density at radius 3 is 1.20 bits per heavy atom. The van der Waals surface area contributed by atoms with Gasteiger partial charge in [0.05, 0.1) is 12.1 Å². The fourth-order valence-electron chi connectivity index (χ4n) is 0.760. The normalized spacial score (nSPS) is 13.5. The van der Waals surface area contributed by atoms with Gasteiger partial charge in [0.2, 0.25) is 0 Å². The minimum Gasteiger partial charge on any atom is -0.480 e. The van der Waals surface area contributed by atoms with E-state index in [9.17, 15) is 9.59 Å². The van der Waals surface area contributed by atoms with Crippen molar-refractivity contribution in [2.24, 2.45) is 0 Å². The second-order valence-corrected chi connectivity index (χ2v) is 3.66. The topological polar surface area (TPSA) is 156 Å². The Morgan fingerprint density at radius 1 is 0.850 bits per heavy atom. The molecule has 0 radical (unpaired) electrons. The molecule has 2 rings (SSSR count). The number of hydrogen-bond donors (Lipinski definition) is 4. The van der Waals surface area contributed by atoms with Crippen LogP contribution >= 0.6 is 0 Å². The van der Waals surface area contributed by atoms with Gasteiger partial charge in [-0.15, -0.1) is 0 Å². The standard InChI is InChI=1S/C4H9N.2C3H3NO2.C2H5N/c1-2-4-5-3-1;2*4-2-1-3(5)6;1-2-3-1/h5H,1-4H2;2*1H2,(H,5,6);3H,1-2H2. The zero-order valence-corrected chi connectivity index (χ0v) is 11.3. The number of aliphatic carboxylic acids is 2. The van der Waals surface area contributed by atoms with Gasteiger partial charge in [-0.25, -0.2) is 0 Å². The third kappa shape index (κ3) is 36.0. The number of nitrogens with zero attached hydrogens (tertiary/aromatic N) is 2. The molecule has 0 aliphatic carbocycles. The molecule has 2 heterocycles. The van der Waals surface area contributed by atoms with E-state index in [1.807, 2.05) is 0 Å². The van der Waals surface area contributed by atoms with E-state index in [0.717, 1.165) is 0 Å². The van der Waals surface area contributed by atoms with Crippen molar-refractivity contribution >= 4 is 11.9 Å². The summed E-state index contributed by atoms with van der Waals surface area (Å²) in [4.78, 5) is 18.8. The number of carbonyl (C=O) groups is 2. The van der Waals surface area contributed by atoms with Gasteiger partial charge in [0.1, 0.15) is 12.8 Å². The molecule has 20 heavy (non-hydrogen) atoms. The fourth-order valence-corrected chi connectivity index (χ4v) is 0.760. The number of carboxylic acids is 2. The Hall–Kier alpha value is -2.16. The van der Waals surface area contributed by atoms with Crippen molar-refractivity contribution in [1.29, 1.82) is 10.5 Å². The van der Waals surface area contributed by atoms with Crippen molar-refractivity contribution < 1.29 is 19.8 Å². The Kier molecular flexibility index (Phi) is 17.0. The molecule has 0 aromatic rings. The predicted molar refractivity (Wildman–Crippen MR) is 70.7 cm³/mol. The Labute approximate surface area is 118 Å². The lowest BCUT2D eigenvalue weighted by molar-refractivity contribution is -0.136. The highest BCUT2D eigenvalue weighted by Crippen LogP contribution is 1.90. The number of nitrogens with one attached hydrogen (secondary N) is 2. The fraction of sp³-hybridized carbons (Fsp3) is 0.667. The molecule has 0 atom stereocenters. The van der Waals surface area contributed by atoms with Crippen LogP contribution in [-0.2, 0) is 9.59 Å². The first kappa shape index (κ1) is 20.2. The molecule has 0 unspecified atom stereocenters. The lowest BCUT2D eigenvalue weighted by Crippen LogP contribution is -2.03. The second kappa shape index (κ2) is 16.8. The van der Waals surface area contributed by atoms with Crippen molar-refractivity contribution in [1.82, 2.24) is 10.6 Å². The van der Waals surface area contributed by atoms with Crippen molar-refractivity contribution in [3.63, 3.8) is 0 Å². The van der Waals surface area contributed by atoms with Gasteiger partial charge >= 0.3 is 11.9 Å². The number of nitriles is 2. The summed E-state index contributed by atoms with van der Waals surface area (Å²) in [6, 6.07) is 2.94. The highest BCUT2D eigenvalue weighted by molar-refractivity contribution is 5.69. The third-order valence-corrected chi connectivity index (χ3v) is 1.67. The monoisotopic (exact) mass is 284 g/mol. The van der Waals surface area contributed by atoms with E-state index in [1.54, 1.807) is 0 Å². The number of rotatable bonds is 2. The quantitative estimate of drug-likeness (QED) is 0.513. The third-order valence-electron chi connectivity index (χ3n) is 1.67. The molecule has 2 aliphatic rings. The van der Waals surface area contributed by atoms with E-state index in [4.69, 9.17) is 20.7 Å². The highest BCUT2D eigenvalue weighted by Gasteiger charge is 1.93. The molecule has 0 bridgehead atoms. The first-order valence-electron chi connectivity index (χ1n) is 6.13. The molecule has 0 saturated carbocycles. The minimum absolute atomic E-state index is 0.403. The molecule has 0 amide bonds. The predicted octanol–water partition coefficient (Wildman–Crippen LogP) is -0.0712. The molecule has 2 aliphatic heterocycles. The van der Waals surface area contributed by atoms with Gasteiger partial charge in [-0.2, -0.15) is 10.5 Å². The highest BCUT2D eigenvalue weighted by atomic mass is 16.4. The van der Waals surface area contributed by atoms with Crippen LogP contribution < -0.4 is 10.6 Å². The lowest BCUT2D eigenvalue weighted by Gasteiger charge is -1.76. The summed E-state index contributed by atoms with van der Waals surface area (Å²) in [5.74, 6) is -2.14. The van der Waals surface area contributed by atoms with E-state index < -0.39 is 24.8 Å². The summed E-state index contributed by atoms with van der Waals surface area (Å²) in [5, 5.41) is 36.8. The van der Waals surface area contributed by atoms with Gasteiger partial charge in [-0.3, -0.25) is 9.59 Å². The molecule has 4 N–H and O–H groups in total. The van der Waals surface area contributed by atoms with Crippen molar-refractivity contribution in [3.05, 3.63) is 0 Å². The van der Waals surface area contributed by atoms with E-state index in [1.165, 1.54) is 51.2 Å². The van der Waals surface area contributed by atoms with Crippen LogP contribution in [0.5, 0.6) is 0 Å². The molecule has 8 heteroatoms. The molecule has 112 valence electrons. The van der Waals surface area contributed by atoms with Crippen molar-refractivity contribution in [3.8, 4) is 12.1 Å². The molecule has 8 nitrogen and oxygen atoms in total. The molecule has 0 aromatic carbocycles. The van der Waals surface area contributed by atoms with Crippen LogP contribution in [0.2, 0.25) is 0 Å². The minimum atomic E-state index is -1.07. The van der Waals surface area contributed by atoms with E-state index in [2.05, 4.69) is 10.6 Å². The summed E-state index contributed by atoms with van der Waals surface area (Å²) < 4.78 is 0. The lowest BCUT2D eigenvalue weighted by atomic mass is 10.4. The van der Waals surface area contributed by atoms with Gasteiger partial charge < -0.3 is 20.8 Å². The first-order chi connectivity index (χ1) is 9.54. The Morgan fingerprint density at radius 2 is 1.15 bits per heavy atom. The van der Waals surface area contributed by atoms with Gasteiger partial charge in [0, 0.05) is 13.1 Å². The number of hydrogen-bond acceptors (Lipinski definition) is 6. The van der Waals surface area contributed by atoms with Crippen molar-refractivity contribution in [2.75, 3.05) is 26.2 Å². The summed E-state index contributed by atoms with van der Waals surface area (Å²) in [6.45, 7) is 5.00. The maximum Gasteiger partial charge on any atom is 0.317 e. The van der Waals surface area contributed by atoms with Crippen LogP contribution in [0.3, 0.4) is 0 Å².